The minimum atomic E-state index is -0.318. The zero-order chi connectivity index (χ0) is 19.5. The SMILES string of the molecule is CCCCCCNC(=O)C1CCCN(C(=O)CCOc2ccc(F)cc2)C1. The number of carbonyl (C=O) groups excluding carboxylic acids is 2. The van der Waals surface area contributed by atoms with Crippen molar-refractivity contribution in [1.82, 2.24) is 10.2 Å². The van der Waals surface area contributed by atoms with Crippen molar-refractivity contribution < 1.29 is 18.7 Å². The fraction of sp³-hybridized carbons (Fsp3) is 0.619. The fourth-order valence-electron chi connectivity index (χ4n) is 3.27. The summed E-state index contributed by atoms with van der Waals surface area (Å²) in [4.78, 5) is 26.5. The van der Waals surface area contributed by atoms with Crippen molar-refractivity contribution in [3.63, 3.8) is 0 Å². The second kappa shape index (κ2) is 11.6. The molecule has 1 aliphatic rings. The summed E-state index contributed by atoms with van der Waals surface area (Å²) in [6.07, 6.45) is 6.45. The van der Waals surface area contributed by atoms with Gasteiger partial charge in [0, 0.05) is 19.6 Å². The molecule has 1 fully saturated rings. The van der Waals surface area contributed by atoms with Crippen LogP contribution in [-0.2, 0) is 9.59 Å². The van der Waals surface area contributed by atoms with E-state index in [4.69, 9.17) is 4.74 Å². The van der Waals surface area contributed by atoms with E-state index in [9.17, 15) is 14.0 Å². The van der Waals surface area contributed by atoms with Crippen LogP contribution in [0.3, 0.4) is 0 Å². The highest BCUT2D eigenvalue weighted by atomic mass is 19.1. The maximum absolute atomic E-state index is 12.9. The van der Waals surface area contributed by atoms with Gasteiger partial charge in [-0.2, -0.15) is 0 Å². The van der Waals surface area contributed by atoms with E-state index >= 15 is 0 Å². The molecule has 1 aliphatic heterocycles. The number of unbranched alkanes of at least 4 members (excludes halogenated alkanes) is 3. The molecule has 150 valence electrons. The van der Waals surface area contributed by atoms with E-state index in [-0.39, 0.29) is 36.6 Å². The molecule has 5 nitrogen and oxygen atoms in total. The third-order valence-electron chi connectivity index (χ3n) is 4.87. The van der Waals surface area contributed by atoms with Crippen molar-refractivity contribution in [2.24, 2.45) is 5.92 Å². The van der Waals surface area contributed by atoms with Crippen LogP contribution in [0.5, 0.6) is 5.75 Å². The molecule has 27 heavy (non-hydrogen) atoms. The Morgan fingerprint density at radius 1 is 1.22 bits per heavy atom. The van der Waals surface area contributed by atoms with Gasteiger partial charge in [-0.3, -0.25) is 9.59 Å². The lowest BCUT2D eigenvalue weighted by Gasteiger charge is -2.32. The summed E-state index contributed by atoms with van der Waals surface area (Å²) >= 11 is 0. The van der Waals surface area contributed by atoms with Crippen LogP contribution in [0.2, 0.25) is 0 Å². The first kappa shape index (κ1) is 21.2. The fourth-order valence-corrected chi connectivity index (χ4v) is 3.27. The first-order valence-corrected chi connectivity index (χ1v) is 10.0. The largest absolute Gasteiger partial charge is 0.493 e. The minimum absolute atomic E-state index is 0.00226. The van der Waals surface area contributed by atoms with Crippen LogP contribution in [0, 0.1) is 11.7 Å². The molecule has 0 saturated carbocycles. The number of hydrogen-bond donors (Lipinski definition) is 1. The summed E-state index contributed by atoms with van der Waals surface area (Å²) < 4.78 is 18.4. The van der Waals surface area contributed by atoms with Crippen LogP contribution in [0.15, 0.2) is 24.3 Å². The predicted octanol–water partition coefficient (Wildman–Crippen LogP) is 3.53. The smallest absolute Gasteiger partial charge is 0.226 e. The molecule has 2 amide bonds. The molecule has 2 rings (SSSR count). The Balaban J connectivity index is 1.68. The number of amides is 2. The van der Waals surface area contributed by atoms with Crippen LogP contribution in [0.25, 0.3) is 0 Å². The van der Waals surface area contributed by atoms with Gasteiger partial charge in [0.25, 0.3) is 0 Å². The average Bonchev–Trinajstić information content (AvgIpc) is 2.69. The summed E-state index contributed by atoms with van der Waals surface area (Å²) in [5.41, 5.74) is 0. The van der Waals surface area contributed by atoms with Gasteiger partial charge in [-0.1, -0.05) is 26.2 Å². The number of nitrogens with zero attached hydrogens (tertiary/aromatic N) is 1. The molecule has 1 aromatic rings. The molecule has 0 aromatic heterocycles. The highest BCUT2D eigenvalue weighted by Crippen LogP contribution is 2.18. The summed E-state index contributed by atoms with van der Waals surface area (Å²) in [5, 5.41) is 3.01. The second-order valence-corrected chi connectivity index (χ2v) is 7.08. The van der Waals surface area contributed by atoms with Gasteiger partial charge in [0.2, 0.25) is 11.8 Å². The molecule has 0 spiro atoms. The van der Waals surface area contributed by atoms with Gasteiger partial charge in [0.05, 0.1) is 18.9 Å². The van der Waals surface area contributed by atoms with Crippen LogP contribution in [-0.4, -0.2) is 43.0 Å². The number of piperidine rings is 1. The van der Waals surface area contributed by atoms with E-state index in [0.29, 0.717) is 18.8 Å². The number of ether oxygens (including phenoxy) is 1. The number of hydrogen-bond acceptors (Lipinski definition) is 3. The Morgan fingerprint density at radius 2 is 2.00 bits per heavy atom. The molecule has 1 N–H and O–H groups in total. The van der Waals surface area contributed by atoms with Crippen LogP contribution < -0.4 is 10.1 Å². The minimum Gasteiger partial charge on any atom is -0.493 e. The van der Waals surface area contributed by atoms with Crippen molar-refractivity contribution in [3.8, 4) is 5.75 Å². The summed E-state index contributed by atoms with van der Waals surface area (Å²) in [5.74, 6) is 0.167. The standard InChI is InChI=1S/C21H31FN2O3/c1-2-3-4-5-13-23-21(26)17-7-6-14-24(16-17)20(25)12-15-27-19-10-8-18(22)9-11-19/h8-11,17H,2-7,12-16H2,1H3,(H,23,26). The van der Waals surface area contributed by atoms with Gasteiger partial charge in [0.15, 0.2) is 0 Å². The van der Waals surface area contributed by atoms with Gasteiger partial charge >= 0.3 is 0 Å². The van der Waals surface area contributed by atoms with Gasteiger partial charge in [-0.15, -0.1) is 0 Å². The highest BCUT2D eigenvalue weighted by Gasteiger charge is 2.27. The molecule has 6 heteroatoms. The van der Waals surface area contributed by atoms with Crippen LogP contribution in [0.4, 0.5) is 4.39 Å². The lowest BCUT2D eigenvalue weighted by Crippen LogP contribution is -2.45. The highest BCUT2D eigenvalue weighted by molar-refractivity contribution is 5.81. The molecule has 1 unspecified atom stereocenters. The molecular weight excluding hydrogens is 347 g/mol. The molecular formula is C21H31FN2O3. The Bertz CT molecular complexity index is 592. The van der Waals surface area contributed by atoms with Gasteiger partial charge in [-0.05, 0) is 43.5 Å². The van der Waals surface area contributed by atoms with Crippen molar-refractivity contribution >= 4 is 11.8 Å². The van der Waals surface area contributed by atoms with Crippen LogP contribution in [0.1, 0.15) is 51.9 Å². The topological polar surface area (TPSA) is 58.6 Å². The predicted molar refractivity (Wildman–Crippen MR) is 103 cm³/mol. The third kappa shape index (κ3) is 7.57. The van der Waals surface area contributed by atoms with E-state index in [1.807, 2.05) is 0 Å². The van der Waals surface area contributed by atoms with Crippen molar-refractivity contribution in [1.29, 1.82) is 0 Å². The Kier molecular flexibility index (Phi) is 9.08. The number of benzene rings is 1. The zero-order valence-electron chi connectivity index (χ0n) is 16.2. The maximum atomic E-state index is 12.9. The second-order valence-electron chi connectivity index (χ2n) is 7.08. The molecule has 1 atom stereocenters. The van der Waals surface area contributed by atoms with Crippen molar-refractivity contribution in [3.05, 3.63) is 30.1 Å². The van der Waals surface area contributed by atoms with Crippen LogP contribution >= 0.6 is 0 Å². The Labute approximate surface area is 161 Å². The Morgan fingerprint density at radius 3 is 2.74 bits per heavy atom. The van der Waals surface area contributed by atoms with Gasteiger partial charge in [-0.25, -0.2) is 4.39 Å². The molecule has 0 bridgehead atoms. The first-order chi connectivity index (χ1) is 13.1. The molecule has 1 heterocycles. The van der Waals surface area contributed by atoms with Gasteiger partial charge < -0.3 is 15.0 Å². The molecule has 0 radical (unpaired) electrons. The maximum Gasteiger partial charge on any atom is 0.226 e. The summed E-state index contributed by atoms with van der Waals surface area (Å²) in [6.45, 7) is 4.30. The third-order valence-corrected chi connectivity index (χ3v) is 4.87. The number of carbonyl (C=O) groups is 2. The van der Waals surface area contributed by atoms with E-state index in [1.165, 1.54) is 25.0 Å². The quantitative estimate of drug-likeness (QED) is 0.634. The van der Waals surface area contributed by atoms with Crippen molar-refractivity contribution in [2.75, 3.05) is 26.2 Å². The number of halogens is 1. The first-order valence-electron chi connectivity index (χ1n) is 10.0. The lowest BCUT2D eigenvalue weighted by atomic mass is 9.97. The number of rotatable bonds is 10. The van der Waals surface area contributed by atoms with Gasteiger partial charge in [0.1, 0.15) is 11.6 Å². The molecule has 1 saturated heterocycles. The number of likely N-dealkylation sites (tertiary alicyclic amines) is 1. The van der Waals surface area contributed by atoms with E-state index in [2.05, 4.69) is 12.2 Å². The average molecular weight is 378 g/mol. The normalized spacial score (nSPS) is 16.8. The molecule has 0 aliphatic carbocycles. The van der Waals surface area contributed by atoms with E-state index < -0.39 is 0 Å². The van der Waals surface area contributed by atoms with Crippen molar-refractivity contribution in [2.45, 2.75) is 51.9 Å². The van der Waals surface area contributed by atoms with E-state index in [1.54, 1.807) is 17.0 Å². The lowest BCUT2D eigenvalue weighted by molar-refractivity contribution is -0.136. The van der Waals surface area contributed by atoms with E-state index in [0.717, 1.165) is 32.2 Å². The monoisotopic (exact) mass is 378 g/mol. The number of nitrogens with one attached hydrogen (secondary N) is 1. The zero-order valence-corrected chi connectivity index (χ0v) is 16.2. The summed E-state index contributed by atoms with van der Waals surface area (Å²) in [7, 11) is 0. The summed E-state index contributed by atoms with van der Waals surface area (Å²) in [6, 6.07) is 5.74. The Hall–Kier alpha value is -2.11. The molecule has 1 aromatic carbocycles.